The van der Waals surface area contributed by atoms with Crippen molar-refractivity contribution in [1.82, 2.24) is 0 Å². The molecule has 0 saturated carbocycles. The summed E-state index contributed by atoms with van der Waals surface area (Å²) in [5.74, 6) is -1.34. The van der Waals surface area contributed by atoms with Gasteiger partial charge in [0.1, 0.15) is 0 Å². The van der Waals surface area contributed by atoms with Crippen LogP contribution in [0.25, 0.3) is 0 Å². The SMILES string of the molecule is Nc1c(CC(=O)O)ccc(Cl)c1C(=O)c1ccccc1. The second-order valence-corrected chi connectivity index (χ2v) is 4.67. The van der Waals surface area contributed by atoms with E-state index in [4.69, 9.17) is 22.4 Å². The van der Waals surface area contributed by atoms with Gasteiger partial charge in [-0.1, -0.05) is 48.0 Å². The van der Waals surface area contributed by atoms with E-state index in [1.807, 2.05) is 0 Å². The number of hydrogen-bond donors (Lipinski definition) is 2. The van der Waals surface area contributed by atoms with Crippen molar-refractivity contribution in [3.8, 4) is 0 Å². The third-order valence-corrected chi connectivity index (χ3v) is 3.20. The van der Waals surface area contributed by atoms with Crippen LogP contribution in [0.1, 0.15) is 21.5 Å². The molecule has 0 aliphatic rings. The Morgan fingerprint density at radius 2 is 1.75 bits per heavy atom. The maximum atomic E-state index is 12.4. The highest BCUT2D eigenvalue weighted by Crippen LogP contribution is 2.28. The molecule has 2 rings (SSSR count). The van der Waals surface area contributed by atoms with Crippen molar-refractivity contribution >= 4 is 29.0 Å². The molecule has 0 fully saturated rings. The Kier molecular flexibility index (Phi) is 4.05. The van der Waals surface area contributed by atoms with Crippen LogP contribution in [0.4, 0.5) is 5.69 Å². The van der Waals surface area contributed by atoms with E-state index in [0.717, 1.165) is 0 Å². The van der Waals surface area contributed by atoms with E-state index in [1.54, 1.807) is 30.3 Å². The normalized spacial score (nSPS) is 10.2. The predicted octanol–water partition coefficient (Wildman–Crippen LogP) is 2.78. The monoisotopic (exact) mass is 289 g/mol. The van der Waals surface area contributed by atoms with Crippen LogP contribution in [0.2, 0.25) is 5.02 Å². The number of carbonyl (C=O) groups is 2. The summed E-state index contributed by atoms with van der Waals surface area (Å²) in [6.07, 6.45) is -0.252. The highest BCUT2D eigenvalue weighted by Gasteiger charge is 2.19. The zero-order valence-electron chi connectivity index (χ0n) is 10.5. The summed E-state index contributed by atoms with van der Waals surface area (Å²) in [6, 6.07) is 11.6. The lowest BCUT2D eigenvalue weighted by atomic mass is 9.97. The van der Waals surface area contributed by atoms with Gasteiger partial charge in [-0.05, 0) is 11.6 Å². The van der Waals surface area contributed by atoms with Gasteiger partial charge in [0.15, 0.2) is 5.78 Å². The van der Waals surface area contributed by atoms with Crippen LogP contribution in [0.15, 0.2) is 42.5 Å². The Balaban J connectivity index is 2.51. The molecular weight excluding hydrogens is 278 g/mol. The summed E-state index contributed by atoms with van der Waals surface area (Å²) in [4.78, 5) is 23.2. The molecule has 0 saturated heterocycles. The molecule has 20 heavy (non-hydrogen) atoms. The van der Waals surface area contributed by atoms with Crippen LogP contribution in [0.3, 0.4) is 0 Å². The molecule has 0 atom stereocenters. The zero-order chi connectivity index (χ0) is 14.7. The quantitative estimate of drug-likeness (QED) is 0.670. The number of hydrogen-bond acceptors (Lipinski definition) is 3. The van der Waals surface area contributed by atoms with Crippen molar-refractivity contribution in [3.05, 3.63) is 64.2 Å². The Morgan fingerprint density at radius 3 is 2.35 bits per heavy atom. The van der Waals surface area contributed by atoms with Gasteiger partial charge in [-0.15, -0.1) is 0 Å². The van der Waals surface area contributed by atoms with E-state index in [2.05, 4.69) is 0 Å². The van der Waals surface area contributed by atoms with E-state index >= 15 is 0 Å². The van der Waals surface area contributed by atoms with Gasteiger partial charge in [0.05, 0.1) is 17.0 Å². The molecule has 5 heteroatoms. The van der Waals surface area contributed by atoms with Crippen molar-refractivity contribution in [1.29, 1.82) is 0 Å². The first kappa shape index (κ1) is 14.1. The number of anilines is 1. The first-order chi connectivity index (χ1) is 9.50. The Bertz CT molecular complexity index is 668. The number of nitrogen functional groups attached to an aromatic ring is 1. The molecule has 4 nitrogen and oxygen atoms in total. The lowest BCUT2D eigenvalue weighted by Crippen LogP contribution is -2.11. The standard InChI is InChI=1S/C15H12ClNO3/c16-11-7-6-10(8-12(18)19)14(17)13(11)15(20)9-4-2-1-3-5-9/h1-7H,8,17H2,(H,18,19). The van der Waals surface area contributed by atoms with Crippen LogP contribution < -0.4 is 5.73 Å². The van der Waals surface area contributed by atoms with Crippen molar-refractivity contribution in [3.63, 3.8) is 0 Å². The van der Waals surface area contributed by atoms with E-state index in [0.29, 0.717) is 11.1 Å². The fourth-order valence-corrected chi connectivity index (χ4v) is 2.17. The van der Waals surface area contributed by atoms with E-state index in [-0.39, 0.29) is 28.5 Å². The number of aliphatic carboxylic acids is 1. The van der Waals surface area contributed by atoms with E-state index in [1.165, 1.54) is 12.1 Å². The Hall–Kier alpha value is -2.33. The van der Waals surface area contributed by atoms with Gasteiger partial charge < -0.3 is 10.8 Å². The fraction of sp³-hybridized carbons (Fsp3) is 0.0667. The van der Waals surface area contributed by atoms with Gasteiger partial charge in [-0.25, -0.2) is 0 Å². The summed E-state index contributed by atoms with van der Waals surface area (Å²) >= 11 is 6.03. The van der Waals surface area contributed by atoms with Gasteiger partial charge in [-0.2, -0.15) is 0 Å². The van der Waals surface area contributed by atoms with Crippen molar-refractivity contribution < 1.29 is 14.7 Å². The lowest BCUT2D eigenvalue weighted by molar-refractivity contribution is -0.136. The number of nitrogens with two attached hydrogens (primary N) is 1. The summed E-state index contributed by atoms with van der Waals surface area (Å²) < 4.78 is 0. The first-order valence-electron chi connectivity index (χ1n) is 5.89. The molecule has 0 unspecified atom stereocenters. The topological polar surface area (TPSA) is 80.4 Å². The number of ketones is 1. The molecular formula is C15H12ClNO3. The fourth-order valence-electron chi connectivity index (χ4n) is 1.92. The minimum absolute atomic E-state index is 0.119. The van der Waals surface area contributed by atoms with Gasteiger partial charge in [0.2, 0.25) is 0 Å². The third-order valence-electron chi connectivity index (χ3n) is 2.89. The largest absolute Gasteiger partial charge is 0.481 e. The van der Waals surface area contributed by atoms with Crippen LogP contribution in [-0.4, -0.2) is 16.9 Å². The second-order valence-electron chi connectivity index (χ2n) is 4.26. The lowest BCUT2D eigenvalue weighted by Gasteiger charge is -2.11. The molecule has 3 N–H and O–H groups in total. The van der Waals surface area contributed by atoms with Crippen molar-refractivity contribution in [2.45, 2.75) is 6.42 Å². The van der Waals surface area contributed by atoms with Crippen LogP contribution in [-0.2, 0) is 11.2 Å². The second kappa shape index (κ2) is 5.75. The molecule has 0 aliphatic carbocycles. The van der Waals surface area contributed by atoms with Crippen LogP contribution in [0, 0.1) is 0 Å². The van der Waals surface area contributed by atoms with Crippen molar-refractivity contribution in [2.75, 3.05) is 5.73 Å². The van der Waals surface area contributed by atoms with Crippen molar-refractivity contribution in [2.24, 2.45) is 0 Å². The molecule has 0 bridgehead atoms. The Morgan fingerprint density at radius 1 is 1.10 bits per heavy atom. The molecule has 0 aliphatic heterocycles. The highest BCUT2D eigenvalue weighted by atomic mass is 35.5. The van der Waals surface area contributed by atoms with Gasteiger partial charge in [0, 0.05) is 11.3 Å². The molecule has 0 heterocycles. The number of carboxylic acid groups (broad SMARTS) is 1. The van der Waals surface area contributed by atoms with Gasteiger partial charge in [-0.3, -0.25) is 9.59 Å². The maximum absolute atomic E-state index is 12.4. The minimum atomic E-state index is -1.02. The molecule has 0 radical (unpaired) electrons. The summed E-state index contributed by atoms with van der Waals surface area (Å²) in [7, 11) is 0. The average molecular weight is 290 g/mol. The number of benzene rings is 2. The smallest absolute Gasteiger partial charge is 0.307 e. The first-order valence-corrected chi connectivity index (χ1v) is 6.27. The van der Waals surface area contributed by atoms with E-state index in [9.17, 15) is 9.59 Å². The molecule has 2 aromatic carbocycles. The number of halogens is 1. The van der Waals surface area contributed by atoms with Crippen LogP contribution in [0.5, 0.6) is 0 Å². The summed E-state index contributed by atoms with van der Waals surface area (Å²) in [5, 5.41) is 9.05. The van der Waals surface area contributed by atoms with Gasteiger partial charge in [0.25, 0.3) is 0 Å². The number of rotatable bonds is 4. The molecule has 0 spiro atoms. The van der Waals surface area contributed by atoms with E-state index < -0.39 is 5.97 Å². The molecule has 0 amide bonds. The molecule has 0 aromatic heterocycles. The summed E-state index contributed by atoms with van der Waals surface area (Å²) in [5.41, 5.74) is 7.00. The molecule has 102 valence electrons. The summed E-state index contributed by atoms with van der Waals surface area (Å²) in [6.45, 7) is 0. The van der Waals surface area contributed by atoms with Gasteiger partial charge >= 0.3 is 5.97 Å². The predicted molar refractivity (Wildman–Crippen MR) is 77.1 cm³/mol. The highest BCUT2D eigenvalue weighted by molar-refractivity contribution is 6.36. The average Bonchev–Trinajstić information content (AvgIpc) is 2.42. The Labute approximate surface area is 120 Å². The minimum Gasteiger partial charge on any atom is -0.481 e. The van der Waals surface area contributed by atoms with Crippen LogP contribution >= 0.6 is 11.6 Å². The molecule has 2 aromatic rings. The number of carboxylic acids is 1. The third kappa shape index (κ3) is 2.81. The number of carbonyl (C=O) groups excluding carboxylic acids is 1. The zero-order valence-corrected chi connectivity index (χ0v) is 11.2. The maximum Gasteiger partial charge on any atom is 0.307 e.